The molecule has 0 heterocycles. The zero-order chi connectivity index (χ0) is 18.6. The van der Waals surface area contributed by atoms with E-state index in [0.717, 1.165) is 37.7 Å². The van der Waals surface area contributed by atoms with E-state index in [9.17, 15) is 9.59 Å². The minimum Gasteiger partial charge on any atom is -0.366 e. The van der Waals surface area contributed by atoms with Crippen molar-refractivity contribution in [3.63, 3.8) is 0 Å². The Morgan fingerprint density at radius 3 is 2.23 bits per heavy atom. The summed E-state index contributed by atoms with van der Waals surface area (Å²) in [5.74, 6) is -0.380. The van der Waals surface area contributed by atoms with Gasteiger partial charge in [-0.25, -0.2) is 4.79 Å². The van der Waals surface area contributed by atoms with Crippen molar-refractivity contribution in [1.82, 2.24) is 10.6 Å². The number of nitrogens with one attached hydrogen (secondary N) is 2. The van der Waals surface area contributed by atoms with Crippen molar-refractivity contribution in [3.05, 3.63) is 71.3 Å². The zero-order valence-electron chi connectivity index (χ0n) is 15.0. The molecule has 0 aliphatic rings. The van der Waals surface area contributed by atoms with E-state index < -0.39 is 0 Å². The summed E-state index contributed by atoms with van der Waals surface area (Å²) in [5, 5.41) is 5.74. The lowest BCUT2D eigenvalue weighted by molar-refractivity contribution is 0.0999. The summed E-state index contributed by atoms with van der Waals surface area (Å²) in [5.41, 5.74) is 8.19. The summed E-state index contributed by atoms with van der Waals surface area (Å²) in [4.78, 5) is 23.1. The van der Waals surface area contributed by atoms with Gasteiger partial charge in [-0.3, -0.25) is 4.79 Å². The molecule has 0 fully saturated rings. The molecular weight excluding hydrogens is 326 g/mol. The van der Waals surface area contributed by atoms with Gasteiger partial charge in [0, 0.05) is 18.7 Å². The van der Waals surface area contributed by atoms with Crippen molar-refractivity contribution in [2.45, 2.75) is 32.1 Å². The smallest absolute Gasteiger partial charge is 0.314 e. The predicted octanol–water partition coefficient (Wildman–Crippen LogP) is 3.04. The van der Waals surface area contributed by atoms with Gasteiger partial charge in [0.25, 0.3) is 0 Å². The number of carbonyl (C=O) groups is 2. The molecule has 5 heteroatoms. The monoisotopic (exact) mass is 353 g/mol. The standard InChI is InChI=1S/C21H27N3O2/c22-20(25)19-13-7-6-12-18(19)11-5-2-8-15-23-21(26)24-16-14-17-9-3-1-4-10-17/h1,3-4,6-7,9-10,12-13H,2,5,8,11,14-16H2,(H2,22,25)(H2,23,24,26). The van der Waals surface area contributed by atoms with Crippen LogP contribution in [0.5, 0.6) is 0 Å². The van der Waals surface area contributed by atoms with Gasteiger partial charge in [0.15, 0.2) is 0 Å². The molecule has 0 bridgehead atoms. The zero-order valence-corrected chi connectivity index (χ0v) is 15.0. The van der Waals surface area contributed by atoms with Gasteiger partial charge in [-0.05, 0) is 42.9 Å². The molecule has 0 aliphatic heterocycles. The molecule has 5 nitrogen and oxygen atoms in total. The van der Waals surface area contributed by atoms with Crippen LogP contribution in [-0.4, -0.2) is 25.0 Å². The van der Waals surface area contributed by atoms with Crippen molar-refractivity contribution >= 4 is 11.9 Å². The highest BCUT2D eigenvalue weighted by atomic mass is 16.2. The average molecular weight is 353 g/mol. The molecule has 0 radical (unpaired) electrons. The van der Waals surface area contributed by atoms with Gasteiger partial charge in [0.2, 0.25) is 5.91 Å². The van der Waals surface area contributed by atoms with E-state index in [2.05, 4.69) is 22.8 Å². The molecule has 0 saturated carbocycles. The van der Waals surface area contributed by atoms with Gasteiger partial charge in [-0.1, -0.05) is 55.0 Å². The third-order valence-corrected chi connectivity index (χ3v) is 4.23. The Balaban J connectivity index is 1.54. The molecule has 2 rings (SSSR count). The third kappa shape index (κ3) is 6.97. The number of urea groups is 1. The van der Waals surface area contributed by atoms with E-state index in [1.54, 1.807) is 6.07 Å². The van der Waals surface area contributed by atoms with Crippen LogP contribution in [0.3, 0.4) is 0 Å². The minimum absolute atomic E-state index is 0.125. The first-order valence-electron chi connectivity index (χ1n) is 9.10. The topological polar surface area (TPSA) is 84.2 Å². The normalized spacial score (nSPS) is 10.3. The second-order valence-corrected chi connectivity index (χ2v) is 6.25. The SMILES string of the molecule is NC(=O)c1ccccc1CCCCCNC(=O)NCCc1ccccc1. The highest BCUT2D eigenvalue weighted by molar-refractivity contribution is 5.94. The highest BCUT2D eigenvalue weighted by Gasteiger charge is 2.06. The fourth-order valence-corrected chi connectivity index (χ4v) is 2.83. The van der Waals surface area contributed by atoms with Crippen LogP contribution >= 0.6 is 0 Å². The number of nitrogens with two attached hydrogens (primary N) is 1. The van der Waals surface area contributed by atoms with Crippen LogP contribution in [0.15, 0.2) is 54.6 Å². The van der Waals surface area contributed by atoms with E-state index in [-0.39, 0.29) is 11.9 Å². The van der Waals surface area contributed by atoms with Crippen molar-refractivity contribution in [3.8, 4) is 0 Å². The molecule has 0 atom stereocenters. The molecule has 0 aromatic heterocycles. The number of unbranched alkanes of at least 4 members (excludes halogenated alkanes) is 2. The molecule has 26 heavy (non-hydrogen) atoms. The second-order valence-electron chi connectivity index (χ2n) is 6.25. The Labute approximate surface area is 155 Å². The van der Waals surface area contributed by atoms with Crippen LogP contribution < -0.4 is 16.4 Å². The average Bonchev–Trinajstić information content (AvgIpc) is 2.65. The van der Waals surface area contributed by atoms with Crippen molar-refractivity contribution < 1.29 is 9.59 Å². The molecule has 2 aromatic rings. The number of carbonyl (C=O) groups excluding carboxylic acids is 2. The Hall–Kier alpha value is -2.82. The van der Waals surface area contributed by atoms with E-state index in [1.165, 1.54) is 5.56 Å². The van der Waals surface area contributed by atoms with Crippen LogP contribution in [0.4, 0.5) is 4.79 Å². The van der Waals surface area contributed by atoms with E-state index in [0.29, 0.717) is 18.7 Å². The Kier molecular flexibility index (Phi) is 8.19. The first kappa shape index (κ1) is 19.5. The number of primary amides is 1. The number of aryl methyl sites for hydroxylation is 1. The van der Waals surface area contributed by atoms with Crippen molar-refractivity contribution in [2.75, 3.05) is 13.1 Å². The first-order valence-corrected chi connectivity index (χ1v) is 9.10. The molecule has 0 saturated heterocycles. The molecule has 2 aromatic carbocycles. The molecule has 3 amide bonds. The van der Waals surface area contributed by atoms with E-state index in [1.807, 2.05) is 36.4 Å². The van der Waals surface area contributed by atoms with Crippen LogP contribution in [0, 0.1) is 0 Å². The third-order valence-electron chi connectivity index (χ3n) is 4.23. The minimum atomic E-state index is -0.380. The number of hydrogen-bond acceptors (Lipinski definition) is 2. The van der Waals surface area contributed by atoms with Gasteiger partial charge in [0.1, 0.15) is 0 Å². The maximum absolute atomic E-state index is 11.7. The van der Waals surface area contributed by atoms with Crippen LogP contribution in [0.25, 0.3) is 0 Å². The predicted molar refractivity (Wildman–Crippen MR) is 104 cm³/mol. The Morgan fingerprint density at radius 1 is 0.769 bits per heavy atom. The molecule has 0 unspecified atom stereocenters. The lowest BCUT2D eigenvalue weighted by atomic mass is 10.0. The van der Waals surface area contributed by atoms with E-state index >= 15 is 0 Å². The molecule has 0 spiro atoms. The lowest BCUT2D eigenvalue weighted by Crippen LogP contribution is -2.37. The molecule has 4 N–H and O–H groups in total. The summed E-state index contributed by atoms with van der Waals surface area (Å²) in [6.07, 6.45) is 4.50. The maximum Gasteiger partial charge on any atom is 0.314 e. The summed E-state index contributed by atoms with van der Waals surface area (Å²) >= 11 is 0. The van der Waals surface area contributed by atoms with Gasteiger partial charge in [0.05, 0.1) is 0 Å². The number of hydrogen-bond donors (Lipinski definition) is 3. The van der Waals surface area contributed by atoms with Gasteiger partial charge >= 0.3 is 6.03 Å². The van der Waals surface area contributed by atoms with Crippen molar-refractivity contribution in [1.29, 1.82) is 0 Å². The van der Waals surface area contributed by atoms with Crippen LogP contribution in [0.1, 0.15) is 40.7 Å². The number of rotatable bonds is 10. The summed E-state index contributed by atoms with van der Waals surface area (Å²) in [6, 6.07) is 17.4. The molecule has 138 valence electrons. The van der Waals surface area contributed by atoms with Crippen molar-refractivity contribution in [2.24, 2.45) is 5.73 Å². The lowest BCUT2D eigenvalue weighted by Gasteiger charge is -2.08. The first-order chi connectivity index (χ1) is 12.7. The maximum atomic E-state index is 11.7. The van der Waals surface area contributed by atoms with Gasteiger partial charge in [-0.2, -0.15) is 0 Å². The highest BCUT2D eigenvalue weighted by Crippen LogP contribution is 2.12. The Morgan fingerprint density at radius 2 is 1.46 bits per heavy atom. The second kappa shape index (κ2) is 10.9. The quantitative estimate of drug-likeness (QED) is 0.574. The molecule has 0 aliphatic carbocycles. The van der Waals surface area contributed by atoms with Crippen LogP contribution in [0.2, 0.25) is 0 Å². The Bertz CT molecular complexity index is 701. The van der Waals surface area contributed by atoms with Gasteiger partial charge in [-0.15, -0.1) is 0 Å². The fraction of sp³-hybridized carbons (Fsp3) is 0.333. The number of benzene rings is 2. The van der Waals surface area contributed by atoms with Gasteiger partial charge < -0.3 is 16.4 Å². The molecular formula is C21H27N3O2. The fourth-order valence-electron chi connectivity index (χ4n) is 2.83. The largest absolute Gasteiger partial charge is 0.366 e. The van der Waals surface area contributed by atoms with Crippen LogP contribution in [-0.2, 0) is 12.8 Å². The summed E-state index contributed by atoms with van der Waals surface area (Å²) in [7, 11) is 0. The number of amides is 3. The summed E-state index contributed by atoms with van der Waals surface area (Å²) < 4.78 is 0. The summed E-state index contributed by atoms with van der Waals surface area (Å²) in [6.45, 7) is 1.27. The van der Waals surface area contributed by atoms with E-state index in [4.69, 9.17) is 5.73 Å².